The van der Waals surface area contributed by atoms with Crippen molar-refractivity contribution < 1.29 is 47.7 Å². The molecule has 258 valence electrons. The summed E-state index contributed by atoms with van der Waals surface area (Å²) in [6.45, 7) is -1.04. The number of aromatic nitrogens is 5. The Morgan fingerprint density at radius 1 is 0.451 bits per heavy atom. The highest BCUT2D eigenvalue weighted by Gasteiger charge is 2.40. The van der Waals surface area contributed by atoms with Crippen LogP contribution in [0.3, 0.4) is 0 Å². The number of carbonyl (C=O) groups excluding carboxylic acids is 5. The van der Waals surface area contributed by atoms with Gasteiger partial charge in [0.15, 0.2) is 12.2 Å². The van der Waals surface area contributed by atoms with Crippen LogP contribution < -0.4 is 0 Å². The summed E-state index contributed by atoms with van der Waals surface area (Å²) in [5.41, 5.74) is 0.312. The molecule has 0 aromatic carbocycles. The van der Waals surface area contributed by atoms with E-state index in [1.807, 2.05) is 0 Å². The molecule has 0 fully saturated rings. The van der Waals surface area contributed by atoms with Gasteiger partial charge < -0.3 is 23.7 Å². The van der Waals surface area contributed by atoms with Crippen LogP contribution in [0.2, 0.25) is 0 Å². The lowest BCUT2D eigenvalue weighted by atomic mass is 10.0. The van der Waals surface area contributed by atoms with Crippen molar-refractivity contribution in [1.82, 2.24) is 24.9 Å². The molecule has 0 saturated heterocycles. The molecule has 5 aromatic heterocycles. The van der Waals surface area contributed by atoms with E-state index in [2.05, 4.69) is 24.9 Å². The Hall–Kier alpha value is -6.90. The zero-order valence-corrected chi connectivity index (χ0v) is 26.7. The largest absolute Gasteiger partial charge is 0.462 e. The average molecular weight is 692 g/mol. The van der Waals surface area contributed by atoms with E-state index in [9.17, 15) is 24.0 Å². The quantitative estimate of drug-likeness (QED) is 0.114. The van der Waals surface area contributed by atoms with Gasteiger partial charge >= 0.3 is 29.8 Å². The third-order valence-electron chi connectivity index (χ3n) is 6.99. The molecule has 0 aliphatic rings. The summed E-state index contributed by atoms with van der Waals surface area (Å²) in [5.74, 6) is -4.32. The Morgan fingerprint density at radius 3 is 1.20 bits per heavy atom. The molecule has 0 spiro atoms. The maximum absolute atomic E-state index is 13.5. The maximum Gasteiger partial charge on any atom is 0.340 e. The van der Waals surface area contributed by atoms with E-state index in [1.165, 1.54) is 117 Å². The number of ether oxygens (including phenoxy) is 5. The van der Waals surface area contributed by atoms with Gasteiger partial charge in [0.1, 0.15) is 12.7 Å². The molecule has 0 unspecified atom stereocenters. The fourth-order valence-corrected chi connectivity index (χ4v) is 4.49. The predicted molar refractivity (Wildman–Crippen MR) is 174 cm³/mol. The molecule has 5 heterocycles. The third kappa shape index (κ3) is 10.3. The van der Waals surface area contributed by atoms with E-state index in [0.717, 1.165) is 0 Å². The molecule has 0 amide bonds. The summed E-state index contributed by atoms with van der Waals surface area (Å²) < 4.78 is 28.5. The van der Waals surface area contributed by atoms with Crippen LogP contribution in [0.4, 0.5) is 0 Å². The molecule has 0 N–H and O–H groups in total. The smallest absolute Gasteiger partial charge is 0.340 e. The zero-order valence-electron chi connectivity index (χ0n) is 26.7. The molecule has 0 aliphatic heterocycles. The first-order valence-electron chi connectivity index (χ1n) is 15.4. The number of nitrogens with zero attached hydrogens (tertiary/aromatic N) is 5. The van der Waals surface area contributed by atoms with Gasteiger partial charge in [0.05, 0.1) is 34.4 Å². The Balaban J connectivity index is 1.50. The monoisotopic (exact) mass is 691 g/mol. The van der Waals surface area contributed by atoms with Gasteiger partial charge in [0.2, 0.25) is 0 Å². The Kier molecular flexibility index (Phi) is 12.5. The van der Waals surface area contributed by atoms with Crippen molar-refractivity contribution in [1.29, 1.82) is 0 Å². The van der Waals surface area contributed by atoms with E-state index in [0.29, 0.717) is 0 Å². The van der Waals surface area contributed by atoms with Crippen molar-refractivity contribution >= 4 is 29.8 Å². The standard InChI is InChI=1S/C36H29N5O10/c42-32(24-6-1-12-37-18-24)47-17-11-29(49-34(44)26-8-3-14-39-20-26)31(51-36(46)28-10-5-16-41-22-28)30(50-35(45)27-9-4-15-40-21-27)23-48-33(43)25-7-2-13-38-19-25/h1-10,12-16,18-22,29-31H,11,17,23H2/t29-,30+,31+/m1/s1. The van der Waals surface area contributed by atoms with Crippen LogP contribution in [0.5, 0.6) is 0 Å². The molecule has 0 bridgehead atoms. The molecule has 15 heteroatoms. The van der Waals surface area contributed by atoms with E-state index >= 15 is 0 Å². The van der Waals surface area contributed by atoms with Crippen LogP contribution in [0.1, 0.15) is 58.2 Å². The fraction of sp³-hybridized carbons (Fsp3) is 0.167. The number of esters is 5. The summed E-state index contributed by atoms with van der Waals surface area (Å²) in [7, 11) is 0. The number of carbonyl (C=O) groups is 5. The zero-order chi connectivity index (χ0) is 35.8. The van der Waals surface area contributed by atoms with Crippen molar-refractivity contribution in [2.75, 3.05) is 13.2 Å². The van der Waals surface area contributed by atoms with E-state index in [1.54, 1.807) is 6.07 Å². The number of hydrogen-bond donors (Lipinski definition) is 0. The highest BCUT2D eigenvalue weighted by Crippen LogP contribution is 2.22. The van der Waals surface area contributed by atoms with Crippen LogP contribution in [0, 0.1) is 0 Å². The normalized spacial score (nSPS) is 12.3. The molecule has 5 aromatic rings. The van der Waals surface area contributed by atoms with E-state index < -0.39 is 54.8 Å². The molecular weight excluding hydrogens is 662 g/mol. The predicted octanol–water partition coefficient (Wildman–Crippen LogP) is 3.74. The van der Waals surface area contributed by atoms with Gasteiger partial charge in [-0.3, -0.25) is 24.9 Å². The number of pyridine rings is 5. The molecule has 0 saturated carbocycles. The van der Waals surface area contributed by atoms with Crippen LogP contribution >= 0.6 is 0 Å². The lowest BCUT2D eigenvalue weighted by molar-refractivity contribution is -0.105. The molecule has 51 heavy (non-hydrogen) atoms. The van der Waals surface area contributed by atoms with Crippen molar-refractivity contribution in [3.63, 3.8) is 0 Å². The number of hydrogen-bond acceptors (Lipinski definition) is 15. The second kappa shape index (κ2) is 18.0. The number of rotatable bonds is 15. The highest BCUT2D eigenvalue weighted by atomic mass is 16.6. The maximum atomic E-state index is 13.5. The minimum absolute atomic E-state index is 0.00697. The summed E-state index contributed by atoms with van der Waals surface area (Å²) in [5, 5.41) is 0. The van der Waals surface area contributed by atoms with Gasteiger partial charge in [-0.25, -0.2) is 24.0 Å². The van der Waals surface area contributed by atoms with Crippen molar-refractivity contribution in [3.05, 3.63) is 150 Å². The lowest BCUT2D eigenvalue weighted by Gasteiger charge is -2.32. The van der Waals surface area contributed by atoms with Crippen LogP contribution in [0.25, 0.3) is 0 Å². The first-order valence-corrected chi connectivity index (χ1v) is 15.4. The summed E-state index contributed by atoms with van der Waals surface area (Å²) in [4.78, 5) is 85.7. The average Bonchev–Trinajstić information content (AvgIpc) is 3.19. The van der Waals surface area contributed by atoms with Gasteiger partial charge in [-0.2, -0.15) is 0 Å². The van der Waals surface area contributed by atoms with E-state index in [4.69, 9.17) is 23.7 Å². The van der Waals surface area contributed by atoms with Gasteiger partial charge in [-0.15, -0.1) is 0 Å². The van der Waals surface area contributed by atoms with Gasteiger partial charge in [-0.05, 0) is 60.7 Å². The molecule has 0 radical (unpaired) electrons. The Morgan fingerprint density at radius 2 is 0.804 bits per heavy atom. The van der Waals surface area contributed by atoms with Crippen molar-refractivity contribution in [2.24, 2.45) is 0 Å². The van der Waals surface area contributed by atoms with Crippen molar-refractivity contribution in [3.8, 4) is 0 Å². The topological polar surface area (TPSA) is 196 Å². The second-order valence-electron chi connectivity index (χ2n) is 10.5. The summed E-state index contributed by atoms with van der Waals surface area (Å²) in [6, 6.07) is 14.9. The van der Waals surface area contributed by atoms with Gasteiger partial charge in [0.25, 0.3) is 0 Å². The third-order valence-corrected chi connectivity index (χ3v) is 6.99. The minimum atomic E-state index is -1.65. The summed E-state index contributed by atoms with van der Waals surface area (Å²) in [6.07, 6.45) is 8.62. The minimum Gasteiger partial charge on any atom is -0.462 e. The first kappa shape index (κ1) is 35.4. The Labute approximate surface area is 290 Å². The summed E-state index contributed by atoms with van der Waals surface area (Å²) >= 11 is 0. The van der Waals surface area contributed by atoms with E-state index in [-0.39, 0.29) is 40.8 Å². The molecule has 0 aliphatic carbocycles. The molecule has 15 nitrogen and oxygen atoms in total. The fourth-order valence-electron chi connectivity index (χ4n) is 4.49. The van der Waals surface area contributed by atoms with Crippen LogP contribution in [-0.4, -0.2) is 86.3 Å². The lowest BCUT2D eigenvalue weighted by Crippen LogP contribution is -2.48. The van der Waals surface area contributed by atoms with Crippen LogP contribution in [0.15, 0.2) is 123 Å². The molecule has 5 rings (SSSR count). The van der Waals surface area contributed by atoms with Crippen molar-refractivity contribution in [2.45, 2.75) is 24.7 Å². The highest BCUT2D eigenvalue weighted by molar-refractivity contribution is 5.91. The Bertz CT molecular complexity index is 1900. The SMILES string of the molecule is O=C(OCC[C@@H](OC(=O)c1cccnc1)[C@H](OC(=O)c1cccnc1)[C@H](COC(=O)c1cccnc1)OC(=O)c1cccnc1)c1cccnc1. The van der Waals surface area contributed by atoms with Crippen LogP contribution in [-0.2, 0) is 23.7 Å². The molecule has 3 atom stereocenters. The first-order chi connectivity index (χ1) is 24.9. The molecular formula is C36H29N5O10. The van der Waals surface area contributed by atoms with Gasteiger partial charge in [-0.1, -0.05) is 0 Å². The second-order valence-corrected chi connectivity index (χ2v) is 10.5. The van der Waals surface area contributed by atoms with Gasteiger partial charge in [0, 0.05) is 68.4 Å².